The number of hydrogen-bond donors (Lipinski definition) is 0. The number of aromatic nitrogens is 2. The van der Waals surface area contributed by atoms with Gasteiger partial charge in [-0.25, -0.2) is 0 Å². The molecule has 0 saturated carbocycles. The molecule has 0 bridgehead atoms. The van der Waals surface area contributed by atoms with Crippen LogP contribution >= 0.6 is 34.5 Å². The second kappa shape index (κ2) is 6.52. The standard InChI is InChI=1S/C13H13Cl2N3OS/c1-8(6-9-4-3-5-20-9)18(2)13(19)10-7-11(14)16-17-12(10)15/h3-5,7-8H,6H2,1-2H3. The van der Waals surface area contributed by atoms with Gasteiger partial charge in [-0.2, -0.15) is 0 Å². The number of carbonyl (C=O) groups excluding carboxylic acids is 1. The molecular weight excluding hydrogens is 317 g/mol. The van der Waals surface area contributed by atoms with E-state index in [-0.39, 0.29) is 27.8 Å². The lowest BCUT2D eigenvalue weighted by Crippen LogP contribution is -2.36. The van der Waals surface area contributed by atoms with Crippen molar-refractivity contribution >= 4 is 40.4 Å². The van der Waals surface area contributed by atoms with Crippen molar-refractivity contribution in [3.8, 4) is 0 Å². The van der Waals surface area contributed by atoms with Crippen LogP contribution in [0.15, 0.2) is 23.6 Å². The SMILES string of the molecule is CC(Cc1cccs1)N(C)C(=O)c1cc(Cl)nnc1Cl. The highest BCUT2D eigenvalue weighted by Crippen LogP contribution is 2.19. The zero-order valence-corrected chi connectivity index (χ0v) is 13.3. The van der Waals surface area contributed by atoms with E-state index in [2.05, 4.69) is 16.3 Å². The van der Waals surface area contributed by atoms with Gasteiger partial charge in [-0.3, -0.25) is 4.79 Å². The fourth-order valence-electron chi connectivity index (χ4n) is 1.75. The molecule has 2 aromatic heterocycles. The Balaban J connectivity index is 2.13. The first-order valence-electron chi connectivity index (χ1n) is 5.97. The second-order valence-electron chi connectivity index (χ2n) is 4.42. The molecule has 7 heteroatoms. The molecule has 0 aliphatic carbocycles. The Morgan fingerprint density at radius 3 is 2.85 bits per heavy atom. The molecule has 0 N–H and O–H groups in total. The number of amides is 1. The average Bonchev–Trinajstić information content (AvgIpc) is 2.92. The first-order valence-corrected chi connectivity index (χ1v) is 7.61. The summed E-state index contributed by atoms with van der Waals surface area (Å²) in [5.41, 5.74) is 0.271. The van der Waals surface area contributed by atoms with Gasteiger partial charge in [-0.1, -0.05) is 29.3 Å². The van der Waals surface area contributed by atoms with Crippen LogP contribution in [0, 0.1) is 0 Å². The first kappa shape index (κ1) is 15.2. The summed E-state index contributed by atoms with van der Waals surface area (Å²) in [6, 6.07) is 5.53. The lowest BCUT2D eigenvalue weighted by atomic mass is 10.1. The van der Waals surface area contributed by atoms with Crippen LogP contribution in [0.25, 0.3) is 0 Å². The molecular formula is C13H13Cl2N3OS. The Morgan fingerprint density at radius 2 is 2.20 bits per heavy atom. The summed E-state index contributed by atoms with van der Waals surface area (Å²) in [5, 5.41) is 9.49. The predicted molar refractivity (Wildman–Crippen MR) is 81.6 cm³/mol. The van der Waals surface area contributed by atoms with Crippen LogP contribution < -0.4 is 0 Å². The Bertz CT molecular complexity index is 604. The molecule has 0 aliphatic heterocycles. The molecule has 1 amide bonds. The number of rotatable bonds is 4. The summed E-state index contributed by atoms with van der Waals surface area (Å²) < 4.78 is 0. The van der Waals surface area contributed by atoms with Crippen molar-refractivity contribution in [1.82, 2.24) is 15.1 Å². The first-order chi connectivity index (χ1) is 9.49. The Hall–Kier alpha value is -1.17. The largest absolute Gasteiger partial charge is 0.339 e. The third kappa shape index (κ3) is 3.48. The monoisotopic (exact) mass is 329 g/mol. The lowest BCUT2D eigenvalue weighted by Gasteiger charge is -2.24. The smallest absolute Gasteiger partial charge is 0.257 e. The molecule has 0 fully saturated rings. The molecule has 0 saturated heterocycles. The fourth-order valence-corrected chi connectivity index (χ4v) is 2.90. The zero-order valence-electron chi connectivity index (χ0n) is 11.0. The number of likely N-dealkylation sites (N-methyl/N-ethyl adjacent to an activating group) is 1. The van der Waals surface area contributed by atoms with E-state index in [9.17, 15) is 4.79 Å². The molecule has 0 aliphatic rings. The zero-order chi connectivity index (χ0) is 14.7. The van der Waals surface area contributed by atoms with Gasteiger partial charge in [0.15, 0.2) is 10.3 Å². The average molecular weight is 330 g/mol. The highest BCUT2D eigenvalue weighted by Gasteiger charge is 2.21. The van der Waals surface area contributed by atoms with E-state index in [1.165, 1.54) is 10.9 Å². The summed E-state index contributed by atoms with van der Waals surface area (Å²) in [4.78, 5) is 15.3. The highest BCUT2D eigenvalue weighted by atomic mass is 35.5. The van der Waals surface area contributed by atoms with Crippen LogP contribution in [0.2, 0.25) is 10.3 Å². The van der Waals surface area contributed by atoms with Gasteiger partial charge < -0.3 is 4.90 Å². The molecule has 1 atom stereocenters. The molecule has 2 rings (SSSR count). The van der Waals surface area contributed by atoms with E-state index >= 15 is 0 Å². The van der Waals surface area contributed by atoms with Gasteiger partial charge in [-0.05, 0) is 24.4 Å². The minimum Gasteiger partial charge on any atom is -0.339 e. The van der Waals surface area contributed by atoms with Gasteiger partial charge in [0.25, 0.3) is 5.91 Å². The topological polar surface area (TPSA) is 46.1 Å². The lowest BCUT2D eigenvalue weighted by molar-refractivity contribution is 0.0743. The third-order valence-electron chi connectivity index (χ3n) is 3.01. The molecule has 0 radical (unpaired) electrons. The summed E-state index contributed by atoms with van der Waals surface area (Å²) in [6.45, 7) is 1.99. The van der Waals surface area contributed by atoms with E-state index in [1.807, 2.05) is 18.4 Å². The predicted octanol–water partition coefficient (Wildman–Crippen LogP) is 3.55. The molecule has 2 aromatic rings. The molecule has 4 nitrogen and oxygen atoms in total. The molecule has 106 valence electrons. The number of thiophene rings is 1. The quantitative estimate of drug-likeness (QED) is 0.861. The van der Waals surface area contributed by atoms with Crippen molar-refractivity contribution in [3.63, 3.8) is 0 Å². The summed E-state index contributed by atoms with van der Waals surface area (Å²) in [5.74, 6) is -0.212. The number of carbonyl (C=O) groups is 1. The van der Waals surface area contributed by atoms with Gasteiger partial charge >= 0.3 is 0 Å². The van der Waals surface area contributed by atoms with E-state index in [0.717, 1.165) is 6.42 Å². The van der Waals surface area contributed by atoms with Crippen LogP contribution in [-0.4, -0.2) is 34.1 Å². The van der Waals surface area contributed by atoms with E-state index in [0.29, 0.717) is 0 Å². The summed E-state index contributed by atoms with van der Waals surface area (Å²) in [6.07, 6.45) is 0.795. The van der Waals surface area contributed by atoms with Crippen molar-refractivity contribution in [2.24, 2.45) is 0 Å². The number of hydrogen-bond acceptors (Lipinski definition) is 4. The van der Waals surface area contributed by atoms with Crippen molar-refractivity contribution in [2.75, 3.05) is 7.05 Å². The maximum atomic E-state index is 12.4. The molecule has 0 spiro atoms. The Kier molecular flexibility index (Phi) is 4.96. The second-order valence-corrected chi connectivity index (χ2v) is 6.20. The van der Waals surface area contributed by atoms with Gasteiger partial charge in [0.05, 0.1) is 5.56 Å². The minimum atomic E-state index is -0.212. The van der Waals surface area contributed by atoms with Crippen LogP contribution in [0.1, 0.15) is 22.2 Å². The van der Waals surface area contributed by atoms with Crippen molar-refractivity contribution in [1.29, 1.82) is 0 Å². The Morgan fingerprint density at radius 1 is 1.45 bits per heavy atom. The van der Waals surface area contributed by atoms with E-state index in [1.54, 1.807) is 23.3 Å². The van der Waals surface area contributed by atoms with Crippen molar-refractivity contribution in [2.45, 2.75) is 19.4 Å². The highest BCUT2D eigenvalue weighted by molar-refractivity contribution is 7.09. The number of nitrogens with zero attached hydrogens (tertiary/aromatic N) is 3. The van der Waals surface area contributed by atoms with Gasteiger partial charge in [0.2, 0.25) is 0 Å². The van der Waals surface area contributed by atoms with E-state index in [4.69, 9.17) is 23.2 Å². The fraction of sp³-hybridized carbons (Fsp3) is 0.308. The van der Waals surface area contributed by atoms with Gasteiger partial charge in [-0.15, -0.1) is 21.5 Å². The van der Waals surface area contributed by atoms with Crippen LogP contribution in [0.3, 0.4) is 0 Å². The summed E-state index contributed by atoms with van der Waals surface area (Å²) in [7, 11) is 1.74. The summed E-state index contributed by atoms with van der Waals surface area (Å²) >= 11 is 13.3. The third-order valence-corrected chi connectivity index (χ3v) is 4.37. The normalized spacial score (nSPS) is 12.2. The Labute approximate surface area is 131 Å². The molecule has 20 heavy (non-hydrogen) atoms. The van der Waals surface area contributed by atoms with Crippen molar-refractivity contribution < 1.29 is 4.79 Å². The number of halogens is 2. The molecule has 1 unspecified atom stereocenters. The van der Waals surface area contributed by atoms with Gasteiger partial charge in [0.1, 0.15) is 0 Å². The van der Waals surface area contributed by atoms with Crippen LogP contribution in [0.4, 0.5) is 0 Å². The van der Waals surface area contributed by atoms with Crippen LogP contribution in [0.5, 0.6) is 0 Å². The van der Waals surface area contributed by atoms with Gasteiger partial charge in [0, 0.05) is 24.4 Å². The van der Waals surface area contributed by atoms with Crippen LogP contribution in [-0.2, 0) is 6.42 Å². The maximum Gasteiger partial charge on any atom is 0.257 e. The molecule has 0 aromatic carbocycles. The van der Waals surface area contributed by atoms with E-state index < -0.39 is 0 Å². The maximum absolute atomic E-state index is 12.4. The van der Waals surface area contributed by atoms with Crippen molar-refractivity contribution in [3.05, 3.63) is 44.3 Å². The molecule has 2 heterocycles. The minimum absolute atomic E-state index is 0.0455.